The van der Waals surface area contributed by atoms with Crippen molar-refractivity contribution in [2.24, 2.45) is 0 Å². The van der Waals surface area contributed by atoms with Crippen LogP contribution < -0.4 is 5.73 Å². The second-order valence-corrected chi connectivity index (χ2v) is 5.10. The number of nitrogens with two attached hydrogens (primary N) is 1. The van der Waals surface area contributed by atoms with Gasteiger partial charge in [-0.2, -0.15) is 0 Å². The molecule has 0 saturated heterocycles. The van der Waals surface area contributed by atoms with Crippen LogP contribution in [0.3, 0.4) is 0 Å². The SMILES string of the molecule is Cc1ccc2nc(-c3sc(N)nc3C)[nH]c2c1. The van der Waals surface area contributed by atoms with E-state index < -0.39 is 0 Å². The zero-order valence-corrected chi connectivity index (χ0v) is 10.4. The highest BCUT2D eigenvalue weighted by Crippen LogP contribution is 2.30. The lowest BCUT2D eigenvalue weighted by molar-refractivity contribution is 1.25. The van der Waals surface area contributed by atoms with Gasteiger partial charge in [0.15, 0.2) is 11.0 Å². The van der Waals surface area contributed by atoms with E-state index in [0.717, 1.165) is 27.4 Å². The van der Waals surface area contributed by atoms with E-state index in [1.807, 2.05) is 13.0 Å². The zero-order chi connectivity index (χ0) is 12.0. The minimum atomic E-state index is 0.578. The van der Waals surface area contributed by atoms with Crippen molar-refractivity contribution < 1.29 is 0 Å². The molecule has 0 spiro atoms. The number of aromatic nitrogens is 3. The van der Waals surface area contributed by atoms with Crippen LogP contribution in [0.5, 0.6) is 0 Å². The molecule has 2 aromatic heterocycles. The molecular weight excluding hydrogens is 232 g/mol. The Morgan fingerprint density at radius 3 is 2.76 bits per heavy atom. The van der Waals surface area contributed by atoms with Crippen molar-refractivity contribution in [1.29, 1.82) is 0 Å². The van der Waals surface area contributed by atoms with E-state index in [9.17, 15) is 0 Å². The molecule has 0 amide bonds. The quantitative estimate of drug-likeness (QED) is 0.691. The second-order valence-electron chi connectivity index (χ2n) is 4.07. The van der Waals surface area contributed by atoms with Gasteiger partial charge in [0.1, 0.15) is 0 Å². The number of aromatic amines is 1. The van der Waals surface area contributed by atoms with Gasteiger partial charge in [0.05, 0.1) is 21.6 Å². The number of benzene rings is 1. The molecule has 3 aromatic rings. The Bertz CT molecular complexity index is 696. The minimum Gasteiger partial charge on any atom is -0.375 e. The van der Waals surface area contributed by atoms with Crippen molar-refractivity contribution >= 4 is 27.5 Å². The number of fused-ring (bicyclic) bond motifs is 1. The predicted molar refractivity (Wildman–Crippen MR) is 71.1 cm³/mol. The summed E-state index contributed by atoms with van der Waals surface area (Å²) in [5.41, 5.74) is 9.85. The summed E-state index contributed by atoms with van der Waals surface area (Å²) >= 11 is 1.46. The van der Waals surface area contributed by atoms with Gasteiger partial charge in [0, 0.05) is 0 Å². The lowest BCUT2D eigenvalue weighted by Crippen LogP contribution is -1.81. The van der Waals surface area contributed by atoms with Crippen LogP contribution in [0.25, 0.3) is 21.7 Å². The van der Waals surface area contributed by atoms with E-state index in [-0.39, 0.29) is 0 Å². The van der Waals surface area contributed by atoms with Crippen molar-refractivity contribution in [3.05, 3.63) is 29.5 Å². The predicted octanol–water partition coefficient (Wildman–Crippen LogP) is 2.89. The number of thiazole rings is 1. The maximum absolute atomic E-state index is 5.70. The third-order valence-corrected chi connectivity index (χ3v) is 3.66. The molecule has 86 valence electrons. The Kier molecular flexibility index (Phi) is 2.16. The number of nitrogens with one attached hydrogen (secondary N) is 1. The molecule has 3 rings (SSSR count). The van der Waals surface area contributed by atoms with Gasteiger partial charge in [-0.15, -0.1) is 0 Å². The molecule has 0 atom stereocenters. The average molecular weight is 244 g/mol. The summed E-state index contributed by atoms with van der Waals surface area (Å²) < 4.78 is 0. The molecular formula is C12H12N4S. The van der Waals surface area contributed by atoms with Crippen LogP contribution in [0, 0.1) is 13.8 Å². The standard InChI is InChI=1S/C12H12N4S/c1-6-3-4-8-9(5-6)16-11(15-8)10-7(2)14-12(13)17-10/h3-5H,1-2H3,(H2,13,14)(H,15,16). The molecule has 3 N–H and O–H groups in total. The summed E-state index contributed by atoms with van der Waals surface area (Å²) in [6.45, 7) is 4.01. The summed E-state index contributed by atoms with van der Waals surface area (Å²) in [5, 5.41) is 0.578. The first-order valence-corrected chi connectivity index (χ1v) is 6.15. The Balaban J connectivity index is 2.21. The van der Waals surface area contributed by atoms with Crippen LogP contribution in [-0.4, -0.2) is 15.0 Å². The van der Waals surface area contributed by atoms with E-state index in [2.05, 4.69) is 34.0 Å². The van der Waals surface area contributed by atoms with E-state index in [0.29, 0.717) is 5.13 Å². The number of rotatable bonds is 1. The van der Waals surface area contributed by atoms with Gasteiger partial charge in [-0.3, -0.25) is 0 Å². The minimum absolute atomic E-state index is 0.578. The number of nitrogen functional groups attached to an aromatic ring is 1. The highest BCUT2D eigenvalue weighted by molar-refractivity contribution is 7.18. The fourth-order valence-electron chi connectivity index (χ4n) is 1.87. The molecule has 4 nitrogen and oxygen atoms in total. The van der Waals surface area contributed by atoms with E-state index in [1.54, 1.807) is 0 Å². The Morgan fingerprint density at radius 2 is 2.06 bits per heavy atom. The van der Waals surface area contributed by atoms with Gasteiger partial charge in [-0.25, -0.2) is 9.97 Å². The Hall–Kier alpha value is -1.88. The molecule has 1 aromatic carbocycles. The number of aryl methyl sites for hydroxylation is 2. The fourth-order valence-corrected chi connectivity index (χ4v) is 2.65. The first kappa shape index (κ1) is 10.3. The molecule has 0 radical (unpaired) electrons. The number of nitrogens with zero attached hydrogens (tertiary/aromatic N) is 2. The summed E-state index contributed by atoms with van der Waals surface area (Å²) in [7, 11) is 0. The summed E-state index contributed by atoms with van der Waals surface area (Å²) in [4.78, 5) is 13.1. The van der Waals surface area contributed by atoms with Crippen LogP contribution in [0.15, 0.2) is 18.2 Å². The summed E-state index contributed by atoms with van der Waals surface area (Å²) in [5.74, 6) is 0.845. The monoisotopic (exact) mass is 244 g/mol. The van der Waals surface area contributed by atoms with Crippen molar-refractivity contribution in [1.82, 2.24) is 15.0 Å². The van der Waals surface area contributed by atoms with Gasteiger partial charge in [-0.1, -0.05) is 17.4 Å². The molecule has 0 fully saturated rings. The number of H-pyrrole nitrogens is 1. The maximum Gasteiger partial charge on any atom is 0.180 e. The lowest BCUT2D eigenvalue weighted by atomic mass is 10.2. The molecule has 0 saturated carbocycles. The third kappa shape index (κ3) is 1.68. The Morgan fingerprint density at radius 1 is 1.24 bits per heavy atom. The van der Waals surface area contributed by atoms with Crippen LogP contribution >= 0.6 is 11.3 Å². The van der Waals surface area contributed by atoms with Gasteiger partial charge >= 0.3 is 0 Å². The molecule has 0 aliphatic rings. The van der Waals surface area contributed by atoms with Gasteiger partial charge in [0.25, 0.3) is 0 Å². The maximum atomic E-state index is 5.70. The van der Waals surface area contributed by atoms with Gasteiger partial charge in [0.2, 0.25) is 0 Å². The highest BCUT2D eigenvalue weighted by atomic mass is 32.1. The first-order valence-electron chi connectivity index (χ1n) is 5.33. The van der Waals surface area contributed by atoms with Crippen molar-refractivity contribution in [2.45, 2.75) is 13.8 Å². The second kappa shape index (κ2) is 3.56. The van der Waals surface area contributed by atoms with Gasteiger partial charge in [-0.05, 0) is 31.5 Å². The fraction of sp³-hybridized carbons (Fsp3) is 0.167. The van der Waals surface area contributed by atoms with E-state index >= 15 is 0 Å². The van der Waals surface area contributed by atoms with E-state index in [1.165, 1.54) is 16.9 Å². The molecule has 17 heavy (non-hydrogen) atoms. The first-order chi connectivity index (χ1) is 8.13. The molecule has 2 heterocycles. The van der Waals surface area contributed by atoms with Crippen LogP contribution in [0.2, 0.25) is 0 Å². The topological polar surface area (TPSA) is 67.6 Å². The molecule has 0 unspecified atom stereocenters. The lowest BCUT2D eigenvalue weighted by Gasteiger charge is -1.90. The summed E-state index contributed by atoms with van der Waals surface area (Å²) in [6.07, 6.45) is 0. The number of hydrogen-bond donors (Lipinski definition) is 2. The average Bonchev–Trinajstić information content (AvgIpc) is 2.80. The van der Waals surface area contributed by atoms with Crippen LogP contribution in [0.4, 0.5) is 5.13 Å². The summed E-state index contributed by atoms with van der Waals surface area (Å²) in [6, 6.07) is 6.16. The highest BCUT2D eigenvalue weighted by Gasteiger charge is 2.12. The number of hydrogen-bond acceptors (Lipinski definition) is 4. The Labute approximate surface area is 103 Å². The number of anilines is 1. The largest absolute Gasteiger partial charge is 0.375 e. The molecule has 0 bridgehead atoms. The molecule has 5 heteroatoms. The van der Waals surface area contributed by atoms with Gasteiger partial charge < -0.3 is 10.7 Å². The third-order valence-electron chi connectivity index (χ3n) is 2.67. The molecule has 0 aliphatic heterocycles. The van der Waals surface area contributed by atoms with E-state index in [4.69, 9.17) is 5.73 Å². The van der Waals surface area contributed by atoms with Crippen molar-refractivity contribution in [3.63, 3.8) is 0 Å². The van der Waals surface area contributed by atoms with Crippen LogP contribution in [0.1, 0.15) is 11.3 Å². The number of imidazole rings is 1. The zero-order valence-electron chi connectivity index (χ0n) is 9.61. The van der Waals surface area contributed by atoms with Crippen molar-refractivity contribution in [3.8, 4) is 10.7 Å². The smallest absolute Gasteiger partial charge is 0.180 e. The van der Waals surface area contributed by atoms with Crippen LogP contribution in [-0.2, 0) is 0 Å². The normalized spacial score (nSPS) is 11.2. The van der Waals surface area contributed by atoms with Crippen molar-refractivity contribution in [2.75, 3.05) is 5.73 Å². The molecule has 0 aliphatic carbocycles.